The molecular weight excluding hydrogens is 458 g/mol. The SMILES string of the molecule is C/C=C\c1ccc2n(c1=O)C[C@H]1[C@H](CO)[C@@H](C(=O)NCCc3cn(C)cn3)[C@@H]2N1C(=O)C1CCCC1. The minimum absolute atomic E-state index is 0.0547. The van der Waals surface area contributed by atoms with E-state index >= 15 is 0 Å². The average Bonchev–Trinajstić information content (AvgIpc) is 3.59. The number of rotatable bonds is 7. The Kier molecular flexibility index (Phi) is 6.83. The van der Waals surface area contributed by atoms with Crippen LogP contribution in [0, 0.1) is 17.8 Å². The quantitative estimate of drug-likeness (QED) is 0.610. The molecule has 5 rings (SSSR count). The molecule has 4 atom stereocenters. The fourth-order valence-corrected chi connectivity index (χ4v) is 6.44. The molecule has 1 saturated carbocycles. The molecule has 2 N–H and O–H groups in total. The zero-order valence-corrected chi connectivity index (χ0v) is 21.0. The number of allylic oxidation sites excluding steroid dienone is 1. The monoisotopic (exact) mass is 493 g/mol. The van der Waals surface area contributed by atoms with Gasteiger partial charge in [0.2, 0.25) is 11.8 Å². The van der Waals surface area contributed by atoms with E-state index in [9.17, 15) is 19.5 Å². The molecule has 0 aromatic carbocycles. The van der Waals surface area contributed by atoms with Gasteiger partial charge in [0.25, 0.3) is 5.56 Å². The number of imidazole rings is 1. The summed E-state index contributed by atoms with van der Waals surface area (Å²) in [6, 6.07) is 2.68. The van der Waals surface area contributed by atoms with Crippen molar-refractivity contribution in [3.8, 4) is 0 Å². The molecule has 2 aromatic heterocycles. The largest absolute Gasteiger partial charge is 0.396 e. The number of aryl methyl sites for hydroxylation is 1. The van der Waals surface area contributed by atoms with Gasteiger partial charge in [0, 0.05) is 62.5 Å². The molecule has 0 radical (unpaired) electrons. The van der Waals surface area contributed by atoms with Gasteiger partial charge in [-0.15, -0.1) is 0 Å². The van der Waals surface area contributed by atoms with Gasteiger partial charge < -0.3 is 24.5 Å². The summed E-state index contributed by atoms with van der Waals surface area (Å²) < 4.78 is 3.58. The van der Waals surface area contributed by atoms with Crippen LogP contribution in [0.3, 0.4) is 0 Å². The Morgan fingerprint density at radius 2 is 2.03 bits per heavy atom. The van der Waals surface area contributed by atoms with Crippen molar-refractivity contribution in [1.82, 2.24) is 24.3 Å². The number of aliphatic hydroxyl groups is 1. The maximum Gasteiger partial charge on any atom is 0.258 e. The molecule has 2 bridgehead atoms. The average molecular weight is 494 g/mol. The van der Waals surface area contributed by atoms with Crippen LogP contribution in [0.4, 0.5) is 0 Å². The van der Waals surface area contributed by atoms with E-state index in [-0.39, 0.29) is 36.4 Å². The van der Waals surface area contributed by atoms with Crippen molar-refractivity contribution >= 4 is 17.9 Å². The molecule has 0 spiro atoms. The lowest BCUT2D eigenvalue weighted by Gasteiger charge is -2.39. The summed E-state index contributed by atoms with van der Waals surface area (Å²) in [5.74, 6) is -1.27. The number of pyridine rings is 1. The van der Waals surface area contributed by atoms with Crippen molar-refractivity contribution in [2.45, 2.75) is 57.7 Å². The normalized spacial score (nSPS) is 25.5. The van der Waals surface area contributed by atoms with Gasteiger partial charge in [-0.25, -0.2) is 4.98 Å². The number of hydrogen-bond donors (Lipinski definition) is 2. The molecule has 192 valence electrons. The predicted octanol–water partition coefficient (Wildman–Crippen LogP) is 1.65. The van der Waals surface area contributed by atoms with Gasteiger partial charge in [0.1, 0.15) is 0 Å². The van der Waals surface area contributed by atoms with Crippen molar-refractivity contribution in [2.75, 3.05) is 13.2 Å². The summed E-state index contributed by atoms with van der Waals surface area (Å²) in [6.45, 7) is 2.34. The van der Waals surface area contributed by atoms with E-state index in [4.69, 9.17) is 0 Å². The molecule has 2 aromatic rings. The van der Waals surface area contributed by atoms with Gasteiger partial charge in [-0.3, -0.25) is 14.4 Å². The Morgan fingerprint density at radius 3 is 2.69 bits per heavy atom. The second-order valence-electron chi connectivity index (χ2n) is 10.3. The van der Waals surface area contributed by atoms with Gasteiger partial charge in [0.05, 0.1) is 30.0 Å². The number of amides is 2. The summed E-state index contributed by atoms with van der Waals surface area (Å²) >= 11 is 0. The van der Waals surface area contributed by atoms with Crippen molar-refractivity contribution < 1.29 is 14.7 Å². The van der Waals surface area contributed by atoms with Crippen LogP contribution in [0.1, 0.15) is 55.6 Å². The summed E-state index contributed by atoms with van der Waals surface area (Å²) in [7, 11) is 1.90. The van der Waals surface area contributed by atoms with Gasteiger partial charge in [-0.2, -0.15) is 0 Å². The highest BCUT2D eigenvalue weighted by atomic mass is 16.3. The molecule has 0 unspecified atom stereocenters. The Hall–Kier alpha value is -3.20. The third kappa shape index (κ3) is 4.19. The number of aliphatic hydroxyl groups excluding tert-OH is 1. The van der Waals surface area contributed by atoms with Crippen LogP contribution in [-0.4, -0.2) is 55.1 Å². The number of aromatic nitrogens is 3. The highest BCUT2D eigenvalue weighted by Gasteiger charge is 2.58. The minimum Gasteiger partial charge on any atom is -0.396 e. The van der Waals surface area contributed by atoms with Crippen LogP contribution in [0.2, 0.25) is 0 Å². The molecule has 2 aliphatic heterocycles. The molecule has 9 nitrogen and oxygen atoms in total. The molecule has 2 amide bonds. The maximum atomic E-state index is 13.8. The fourth-order valence-electron chi connectivity index (χ4n) is 6.44. The highest BCUT2D eigenvalue weighted by molar-refractivity contribution is 5.85. The van der Waals surface area contributed by atoms with Crippen LogP contribution in [0.15, 0.2) is 35.5 Å². The topological polar surface area (TPSA) is 109 Å². The molecule has 4 heterocycles. The first-order chi connectivity index (χ1) is 17.4. The molecule has 1 saturated heterocycles. The molecular formula is C27H35N5O4. The molecule has 1 aliphatic carbocycles. The zero-order valence-electron chi connectivity index (χ0n) is 21.0. The first-order valence-corrected chi connectivity index (χ1v) is 13.0. The van der Waals surface area contributed by atoms with E-state index in [1.165, 1.54) is 0 Å². The summed E-state index contributed by atoms with van der Waals surface area (Å²) in [5.41, 5.74) is 2.01. The van der Waals surface area contributed by atoms with E-state index in [2.05, 4.69) is 10.3 Å². The molecule has 9 heteroatoms. The summed E-state index contributed by atoms with van der Waals surface area (Å²) in [4.78, 5) is 46.8. The zero-order chi connectivity index (χ0) is 25.4. The van der Waals surface area contributed by atoms with E-state index in [0.29, 0.717) is 24.2 Å². The first kappa shape index (κ1) is 24.5. The molecule has 3 aliphatic rings. The Labute approximate surface area is 210 Å². The summed E-state index contributed by atoms with van der Waals surface area (Å²) in [6.07, 6.45) is 11.6. The number of fused-ring (bicyclic) bond motifs is 4. The van der Waals surface area contributed by atoms with Gasteiger partial charge in [-0.1, -0.05) is 25.0 Å². The first-order valence-electron chi connectivity index (χ1n) is 13.0. The minimum atomic E-state index is -0.630. The predicted molar refractivity (Wildman–Crippen MR) is 135 cm³/mol. The van der Waals surface area contributed by atoms with Crippen LogP contribution in [0.25, 0.3) is 6.08 Å². The van der Waals surface area contributed by atoms with Gasteiger partial charge in [0.15, 0.2) is 0 Å². The Balaban J connectivity index is 1.49. The lowest BCUT2D eigenvalue weighted by Crippen LogP contribution is -2.50. The van der Waals surface area contributed by atoms with Crippen LogP contribution in [-0.2, 0) is 29.6 Å². The lowest BCUT2D eigenvalue weighted by atomic mass is 9.86. The van der Waals surface area contributed by atoms with E-state index < -0.39 is 23.9 Å². The van der Waals surface area contributed by atoms with Crippen molar-refractivity contribution in [2.24, 2.45) is 24.8 Å². The van der Waals surface area contributed by atoms with E-state index in [1.54, 1.807) is 23.0 Å². The Morgan fingerprint density at radius 1 is 1.25 bits per heavy atom. The van der Waals surface area contributed by atoms with Crippen molar-refractivity contribution in [1.29, 1.82) is 0 Å². The number of carbonyl (C=O) groups is 2. The smallest absolute Gasteiger partial charge is 0.258 e. The highest BCUT2D eigenvalue weighted by Crippen LogP contribution is 2.49. The standard InChI is InChI=1S/C27H35N5O4/c1-3-6-17-9-10-21-24-23(25(34)28-12-11-19-13-30(2)16-29-19)20(15-33)22(14-31(21)26(17)35)32(24)27(36)18-7-4-5-8-18/h3,6,9-10,13,16,18,20,22-24,33H,4-5,7-8,11-12,14-15H2,1-2H3,(H,28,34)/b6-3-/t20-,22-,23+,24+/m0/s1. The number of nitrogens with zero attached hydrogens (tertiary/aromatic N) is 4. The van der Waals surface area contributed by atoms with Crippen molar-refractivity contribution in [3.05, 3.63) is 58.0 Å². The third-order valence-electron chi connectivity index (χ3n) is 8.12. The van der Waals surface area contributed by atoms with Crippen LogP contribution < -0.4 is 10.9 Å². The Bertz CT molecular complexity index is 1220. The number of hydrogen-bond acceptors (Lipinski definition) is 5. The maximum absolute atomic E-state index is 13.8. The second-order valence-corrected chi connectivity index (χ2v) is 10.3. The second kappa shape index (κ2) is 10.0. The molecule has 36 heavy (non-hydrogen) atoms. The van der Waals surface area contributed by atoms with E-state index in [1.807, 2.05) is 41.8 Å². The third-order valence-corrected chi connectivity index (χ3v) is 8.12. The van der Waals surface area contributed by atoms with E-state index in [0.717, 1.165) is 31.4 Å². The molecule has 2 fully saturated rings. The van der Waals surface area contributed by atoms with Crippen LogP contribution in [0.5, 0.6) is 0 Å². The number of nitrogens with one attached hydrogen (secondary N) is 1. The number of carbonyl (C=O) groups excluding carboxylic acids is 2. The fraction of sp³-hybridized carbons (Fsp3) is 0.556. The van der Waals surface area contributed by atoms with Crippen LogP contribution >= 0.6 is 0 Å². The lowest BCUT2D eigenvalue weighted by molar-refractivity contribution is -0.141. The van der Waals surface area contributed by atoms with Gasteiger partial charge in [-0.05, 0) is 31.9 Å². The van der Waals surface area contributed by atoms with Crippen molar-refractivity contribution in [3.63, 3.8) is 0 Å². The van der Waals surface area contributed by atoms with Gasteiger partial charge >= 0.3 is 0 Å². The summed E-state index contributed by atoms with van der Waals surface area (Å²) in [5, 5.41) is 13.5.